The van der Waals surface area contributed by atoms with Crippen molar-refractivity contribution < 1.29 is 17.6 Å². The predicted molar refractivity (Wildman–Crippen MR) is 92.4 cm³/mol. The zero-order valence-electron chi connectivity index (χ0n) is 13.9. The minimum atomic E-state index is -1.55. The van der Waals surface area contributed by atoms with Gasteiger partial charge in [-0.3, -0.25) is 0 Å². The lowest BCUT2D eigenvalue weighted by atomic mass is 9.97. The van der Waals surface area contributed by atoms with E-state index in [9.17, 15) is 17.6 Å². The van der Waals surface area contributed by atoms with Gasteiger partial charge in [-0.2, -0.15) is 0 Å². The molecule has 0 heterocycles. The van der Waals surface area contributed by atoms with E-state index in [-0.39, 0.29) is 11.1 Å². The minimum absolute atomic E-state index is 0.0211. The van der Waals surface area contributed by atoms with Gasteiger partial charge < -0.3 is 0 Å². The fourth-order valence-corrected chi connectivity index (χ4v) is 3.00. The number of rotatable bonds is 5. The number of hydrogen-bond donors (Lipinski definition) is 0. The third-order valence-electron chi connectivity index (χ3n) is 4.38. The van der Waals surface area contributed by atoms with Crippen molar-refractivity contribution in [3.63, 3.8) is 0 Å². The van der Waals surface area contributed by atoms with Gasteiger partial charge in [0.15, 0.2) is 17.5 Å². The highest BCUT2D eigenvalue weighted by molar-refractivity contribution is 5.88. The molecule has 0 unspecified atom stereocenters. The monoisotopic (exact) mass is 346 g/mol. The van der Waals surface area contributed by atoms with Gasteiger partial charge >= 0.3 is 0 Å². The Morgan fingerprint density at radius 3 is 2.12 bits per heavy atom. The summed E-state index contributed by atoms with van der Waals surface area (Å²) in [5.41, 5.74) is 1.05. The summed E-state index contributed by atoms with van der Waals surface area (Å²) >= 11 is 0. The van der Waals surface area contributed by atoms with Crippen molar-refractivity contribution in [2.24, 2.45) is 0 Å². The second-order valence-corrected chi connectivity index (χ2v) is 6.19. The number of hydrogen-bond acceptors (Lipinski definition) is 0. The van der Waals surface area contributed by atoms with Crippen LogP contribution in [0.5, 0.6) is 0 Å². The lowest BCUT2D eigenvalue weighted by Crippen LogP contribution is -1.94. The zero-order valence-corrected chi connectivity index (χ0v) is 13.9. The van der Waals surface area contributed by atoms with Gasteiger partial charge in [0.1, 0.15) is 5.82 Å². The Kier molecular flexibility index (Phi) is 5.07. The van der Waals surface area contributed by atoms with E-state index >= 15 is 0 Å². The number of aryl methyl sites for hydroxylation is 1. The van der Waals surface area contributed by atoms with Gasteiger partial charge in [0.25, 0.3) is 0 Å². The van der Waals surface area contributed by atoms with E-state index < -0.39 is 23.3 Å². The number of unbranched alkanes of at least 4 members (excludes halogenated alkanes) is 2. The molecule has 0 spiro atoms. The highest BCUT2D eigenvalue weighted by Crippen LogP contribution is 2.31. The fraction of sp³-hybridized carbons (Fsp3) is 0.238. The molecule has 3 rings (SSSR count). The van der Waals surface area contributed by atoms with Crippen molar-refractivity contribution in [1.82, 2.24) is 0 Å². The molecule has 3 aromatic rings. The van der Waals surface area contributed by atoms with Crippen molar-refractivity contribution >= 4 is 10.8 Å². The van der Waals surface area contributed by atoms with Crippen molar-refractivity contribution in [2.75, 3.05) is 0 Å². The largest absolute Gasteiger partial charge is 0.206 e. The summed E-state index contributed by atoms with van der Waals surface area (Å²) in [5, 5.41) is 1.11. The van der Waals surface area contributed by atoms with Crippen LogP contribution in [0, 0.1) is 23.3 Å². The van der Waals surface area contributed by atoms with Crippen molar-refractivity contribution in [1.29, 1.82) is 0 Å². The van der Waals surface area contributed by atoms with Crippen LogP contribution in [0.3, 0.4) is 0 Å². The Balaban J connectivity index is 2.06. The van der Waals surface area contributed by atoms with Crippen LogP contribution in [0.15, 0.2) is 42.5 Å². The molecule has 0 bridgehead atoms. The molecule has 0 radical (unpaired) electrons. The summed E-state index contributed by atoms with van der Waals surface area (Å²) in [6, 6.07) is 10.4. The molecule has 0 aliphatic carbocycles. The van der Waals surface area contributed by atoms with E-state index in [4.69, 9.17) is 0 Å². The standard InChI is InChI=1S/C21H18F4/c1-2-3-4-5-13-6-7-14-8-9-16(20(24)17(14)10-13)15-11-18(22)21(25)19(23)12-15/h6-12H,2-5H2,1H3. The normalized spacial score (nSPS) is 11.2. The van der Waals surface area contributed by atoms with Gasteiger partial charge in [0, 0.05) is 10.9 Å². The van der Waals surface area contributed by atoms with E-state index in [0.717, 1.165) is 43.4 Å². The van der Waals surface area contributed by atoms with Crippen LogP contribution in [0.1, 0.15) is 31.7 Å². The Morgan fingerprint density at radius 1 is 0.760 bits per heavy atom. The van der Waals surface area contributed by atoms with Crippen LogP contribution in [-0.4, -0.2) is 0 Å². The Bertz CT molecular complexity index is 892. The van der Waals surface area contributed by atoms with Gasteiger partial charge in [0.05, 0.1) is 0 Å². The van der Waals surface area contributed by atoms with Gasteiger partial charge in [-0.25, -0.2) is 17.6 Å². The first-order valence-corrected chi connectivity index (χ1v) is 8.37. The average molecular weight is 346 g/mol. The van der Waals surface area contributed by atoms with Crippen LogP contribution >= 0.6 is 0 Å². The summed E-state index contributed by atoms with van der Waals surface area (Å²) < 4.78 is 55.0. The van der Waals surface area contributed by atoms with Crippen LogP contribution in [0.4, 0.5) is 17.6 Å². The first-order chi connectivity index (χ1) is 12.0. The summed E-state index contributed by atoms with van der Waals surface area (Å²) in [7, 11) is 0. The maximum Gasteiger partial charge on any atom is 0.194 e. The first-order valence-electron chi connectivity index (χ1n) is 8.37. The molecule has 3 aromatic carbocycles. The molecule has 4 heteroatoms. The lowest BCUT2D eigenvalue weighted by Gasteiger charge is -2.10. The number of benzene rings is 3. The van der Waals surface area contributed by atoms with Crippen LogP contribution in [0.2, 0.25) is 0 Å². The summed E-state index contributed by atoms with van der Waals surface area (Å²) in [5.74, 6) is -4.77. The van der Waals surface area contributed by atoms with Gasteiger partial charge in [0.2, 0.25) is 0 Å². The van der Waals surface area contributed by atoms with Gasteiger partial charge in [-0.1, -0.05) is 44.0 Å². The Morgan fingerprint density at radius 2 is 1.44 bits per heavy atom. The lowest BCUT2D eigenvalue weighted by molar-refractivity contribution is 0.447. The van der Waals surface area contributed by atoms with Crippen LogP contribution < -0.4 is 0 Å². The van der Waals surface area contributed by atoms with E-state index in [1.54, 1.807) is 12.1 Å². The molecule has 0 saturated carbocycles. The topological polar surface area (TPSA) is 0 Å². The van der Waals surface area contributed by atoms with Crippen molar-refractivity contribution in [3.05, 3.63) is 71.3 Å². The first kappa shape index (κ1) is 17.5. The molecule has 25 heavy (non-hydrogen) atoms. The molecule has 0 aliphatic rings. The number of halogens is 4. The third kappa shape index (κ3) is 3.53. The quantitative estimate of drug-likeness (QED) is 0.271. The molecular weight excluding hydrogens is 328 g/mol. The van der Waals surface area contributed by atoms with E-state index in [2.05, 4.69) is 6.92 Å². The van der Waals surface area contributed by atoms with Crippen molar-refractivity contribution in [2.45, 2.75) is 32.6 Å². The molecule has 0 atom stereocenters. The van der Waals surface area contributed by atoms with Crippen LogP contribution in [-0.2, 0) is 6.42 Å². The maximum atomic E-state index is 14.9. The SMILES string of the molecule is CCCCCc1ccc2ccc(-c3cc(F)c(F)c(F)c3)c(F)c2c1. The van der Waals surface area contributed by atoms with E-state index in [1.165, 1.54) is 6.07 Å². The predicted octanol–water partition coefficient (Wildman–Crippen LogP) is 6.80. The maximum absolute atomic E-state index is 14.9. The molecule has 0 amide bonds. The van der Waals surface area contributed by atoms with E-state index in [1.807, 2.05) is 12.1 Å². The van der Waals surface area contributed by atoms with Crippen molar-refractivity contribution in [3.8, 4) is 11.1 Å². The molecular formula is C21H18F4. The second kappa shape index (κ2) is 7.26. The Labute approximate surface area is 144 Å². The molecule has 0 aliphatic heterocycles. The third-order valence-corrected chi connectivity index (χ3v) is 4.38. The van der Waals surface area contributed by atoms with Gasteiger partial charge in [-0.15, -0.1) is 0 Å². The molecule has 130 valence electrons. The summed E-state index contributed by atoms with van der Waals surface area (Å²) in [6.45, 7) is 2.12. The smallest absolute Gasteiger partial charge is 0.194 e. The van der Waals surface area contributed by atoms with E-state index in [0.29, 0.717) is 10.8 Å². The fourth-order valence-electron chi connectivity index (χ4n) is 3.00. The highest BCUT2D eigenvalue weighted by Gasteiger charge is 2.15. The second-order valence-electron chi connectivity index (χ2n) is 6.19. The summed E-state index contributed by atoms with van der Waals surface area (Å²) in [4.78, 5) is 0. The average Bonchev–Trinajstić information content (AvgIpc) is 2.60. The Hall–Kier alpha value is -2.36. The van der Waals surface area contributed by atoms with Crippen LogP contribution in [0.25, 0.3) is 21.9 Å². The van der Waals surface area contributed by atoms with Gasteiger partial charge in [-0.05, 0) is 47.6 Å². The molecule has 0 nitrogen and oxygen atoms in total. The molecule has 0 aromatic heterocycles. The molecule has 0 saturated heterocycles. The highest BCUT2D eigenvalue weighted by atomic mass is 19.2. The molecule has 0 N–H and O–H groups in total. The molecule has 0 fully saturated rings. The number of fused-ring (bicyclic) bond motifs is 1. The zero-order chi connectivity index (χ0) is 18.0. The minimum Gasteiger partial charge on any atom is -0.206 e. The summed E-state index contributed by atoms with van der Waals surface area (Å²) in [6.07, 6.45) is 4.09.